The van der Waals surface area contributed by atoms with Gasteiger partial charge < -0.3 is 5.32 Å². The maximum absolute atomic E-state index is 12.4. The van der Waals surface area contributed by atoms with Crippen LogP contribution >= 0.6 is 11.6 Å². The quantitative estimate of drug-likeness (QED) is 0.764. The molecule has 2 atom stereocenters. The van der Waals surface area contributed by atoms with Gasteiger partial charge in [0, 0.05) is 16.3 Å². The Morgan fingerprint density at radius 1 is 1.13 bits per heavy atom. The summed E-state index contributed by atoms with van der Waals surface area (Å²) in [5.41, 5.74) is 2.72. The van der Waals surface area contributed by atoms with Gasteiger partial charge in [0.25, 0.3) is 0 Å². The number of fused-ring (bicyclic) bond motifs is 1. The number of hydrogen-bond donors (Lipinski definition) is 1. The molecular formula is C19H15ClN2O. The van der Waals surface area contributed by atoms with Crippen LogP contribution in [0.4, 0.5) is 5.69 Å². The van der Waals surface area contributed by atoms with E-state index in [1.165, 1.54) is 0 Å². The lowest BCUT2D eigenvalue weighted by Gasteiger charge is -2.07. The van der Waals surface area contributed by atoms with Gasteiger partial charge >= 0.3 is 0 Å². The maximum Gasteiger partial charge on any atom is 0.228 e. The Balaban J connectivity index is 1.49. The summed E-state index contributed by atoms with van der Waals surface area (Å²) in [7, 11) is 0. The highest BCUT2D eigenvalue weighted by molar-refractivity contribution is 6.31. The van der Waals surface area contributed by atoms with Crippen LogP contribution in [0.25, 0.3) is 10.9 Å². The molecule has 2 unspecified atom stereocenters. The Morgan fingerprint density at radius 2 is 1.91 bits per heavy atom. The second kappa shape index (κ2) is 5.67. The third-order valence-corrected chi connectivity index (χ3v) is 4.63. The van der Waals surface area contributed by atoms with Gasteiger partial charge in [-0.15, -0.1) is 0 Å². The molecule has 0 aliphatic heterocycles. The number of nitrogens with zero attached hydrogens (tertiary/aromatic N) is 1. The van der Waals surface area contributed by atoms with Crippen LogP contribution in [-0.2, 0) is 4.79 Å². The fourth-order valence-electron chi connectivity index (χ4n) is 2.98. The second-order valence-corrected chi connectivity index (χ2v) is 6.28. The minimum Gasteiger partial charge on any atom is -0.324 e. The Bertz CT molecular complexity index is 893. The van der Waals surface area contributed by atoms with Gasteiger partial charge in [0.1, 0.15) is 0 Å². The van der Waals surface area contributed by atoms with Crippen molar-refractivity contribution >= 4 is 34.1 Å². The number of nitrogens with one attached hydrogen (secondary N) is 1. The standard InChI is InChI=1S/C19H15ClN2O/c20-17-7-3-2-6-14(17)15-10-16(15)19(23)22-13-9-12-5-1-4-8-18(12)21-11-13/h1-9,11,15-16H,10H2,(H,22,23). The lowest BCUT2D eigenvalue weighted by atomic mass is 10.1. The molecule has 1 saturated carbocycles. The van der Waals surface area contributed by atoms with Crippen LogP contribution in [0, 0.1) is 5.92 Å². The summed E-state index contributed by atoms with van der Waals surface area (Å²) >= 11 is 6.21. The number of para-hydroxylation sites is 1. The predicted molar refractivity (Wildman–Crippen MR) is 92.7 cm³/mol. The van der Waals surface area contributed by atoms with Crippen molar-refractivity contribution in [1.29, 1.82) is 0 Å². The molecule has 1 aromatic heterocycles. The van der Waals surface area contributed by atoms with E-state index in [2.05, 4.69) is 10.3 Å². The lowest BCUT2D eigenvalue weighted by Crippen LogP contribution is -2.14. The normalized spacial score (nSPS) is 19.5. The number of carbonyl (C=O) groups is 1. The van der Waals surface area contributed by atoms with E-state index in [0.717, 1.165) is 33.6 Å². The van der Waals surface area contributed by atoms with E-state index >= 15 is 0 Å². The molecule has 1 N–H and O–H groups in total. The molecule has 2 aromatic carbocycles. The number of rotatable bonds is 3. The Labute approximate surface area is 139 Å². The average Bonchev–Trinajstić information content (AvgIpc) is 3.36. The first-order valence-corrected chi connectivity index (χ1v) is 8.00. The Kier molecular flexibility index (Phi) is 3.50. The first kappa shape index (κ1) is 14.2. The average molecular weight is 323 g/mol. The molecular weight excluding hydrogens is 308 g/mol. The molecule has 4 rings (SSSR count). The van der Waals surface area contributed by atoms with E-state index < -0.39 is 0 Å². The van der Waals surface area contributed by atoms with Crippen molar-refractivity contribution < 1.29 is 4.79 Å². The Morgan fingerprint density at radius 3 is 2.78 bits per heavy atom. The smallest absolute Gasteiger partial charge is 0.228 e. The fourth-order valence-corrected chi connectivity index (χ4v) is 3.25. The van der Waals surface area contributed by atoms with Gasteiger partial charge in [-0.05, 0) is 36.1 Å². The zero-order valence-electron chi connectivity index (χ0n) is 12.4. The maximum atomic E-state index is 12.4. The number of benzene rings is 2. The second-order valence-electron chi connectivity index (χ2n) is 5.88. The molecule has 1 amide bonds. The third kappa shape index (κ3) is 2.80. The summed E-state index contributed by atoms with van der Waals surface area (Å²) in [6.07, 6.45) is 2.55. The summed E-state index contributed by atoms with van der Waals surface area (Å²) in [6.45, 7) is 0. The third-order valence-electron chi connectivity index (χ3n) is 4.29. The molecule has 1 heterocycles. The molecule has 1 fully saturated rings. The molecule has 3 aromatic rings. The summed E-state index contributed by atoms with van der Waals surface area (Å²) in [5.74, 6) is 0.241. The van der Waals surface area contributed by atoms with Crippen LogP contribution in [0.3, 0.4) is 0 Å². The van der Waals surface area contributed by atoms with Crippen molar-refractivity contribution in [2.24, 2.45) is 5.92 Å². The minimum atomic E-state index is -0.0126. The molecule has 3 nitrogen and oxygen atoms in total. The van der Waals surface area contributed by atoms with E-state index in [4.69, 9.17) is 11.6 Å². The van der Waals surface area contributed by atoms with Crippen LogP contribution in [-0.4, -0.2) is 10.9 Å². The van der Waals surface area contributed by atoms with Crippen molar-refractivity contribution in [1.82, 2.24) is 4.98 Å². The zero-order chi connectivity index (χ0) is 15.8. The van der Waals surface area contributed by atoms with Gasteiger partial charge in [-0.2, -0.15) is 0 Å². The molecule has 114 valence electrons. The number of halogens is 1. The monoisotopic (exact) mass is 322 g/mol. The first-order chi connectivity index (χ1) is 11.2. The van der Waals surface area contributed by atoms with Crippen molar-refractivity contribution in [3.05, 3.63) is 71.4 Å². The van der Waals surface area contributed by atoms with Crippen LogP contribution in [0.2, 0.25) is 5.02 Å². The van der Waals surface area contributed by atoms with Crippen molar-refractivity contribution in [3.63, 3.8) is 0 Å². The topological polar surface area (TPSA) is 42.0 Å². The van der Waals surface area contributed by atoms with Crippen LogP contribution in [0.15, 0.2) is 60.8 Å². The zero-order valence-corrected chi connectivity index (χ0v) is 13.1. The van der Waals surface area contributed by atoms with Crippen LogP contribution in [0.5, 0.6) is 0 Å². The molecule has 0 spiro atoms. The van der Waals surface area contributed by atoms with Gasteiger partial charge in [-0.1, -0.05) is 48.0 Å². The molecule has 0 bridgehead atoms. The fraction of sp³-hybridized carbons (Fsp3) is 0.158. The van der Waals surface area contributed by atoms with E-state index in [1.807, 2.05) is 54.6 Å². The summed E-state index contributed by atoms with van der Waals surface area (Å²) < 4.78 is 0. The first-order valence-electron chi connectivity index (χ1n) is 7.62. The van der Waals surface area contributed by atoms with E-state index in [9.17, 15) is 4.79 Å². The predicted octanol–water partition coefficient (Wildman–Crippen LogP) is 4.63. The Hall–Kier alpha value is -2.39. The molecule has 23 heavy (non-hydrogen) atoms. The summed E-state index contributed by atoms with van der Waals surface area (Å²) in [4.78, 5) is 16.8. The van der Waals surface area contributed by atoms with Crippen molar-refractivity contribution in [2.75, 3.05) is 5.32 Å². The largest absolute Gasteiger partial charge is 0.324 e. The van der Waals surface area contributed by atoms with Crippen molar-refractivity contribution in [2.45, 2.75) is 12.3 Å². The van der Waals surface area contributed by atoms with E-state index in [1.54, 1.807) is 6.20 Å². The number of anilines is 1. The summed E-state index contributed by atoms with van der Waals surface area (Å²) in [5, 5.41) is 4.72. The highest BCUT2D eigenvalue weighted by Crippen LogP contribution is 2.50. The van der Waals surface area contributed by atoms with Gasteiger partial charge in [0.15, 0.2) is 0 Å². The van der Waals surface area contributed by atoms with Crippen LogP contribution in [0.1, 0.15) is 17.9 Å². The van der Waals surface area contributed by atoms with E-state index in [-0.39, 0.29) is 17.7 Å². The lowest BCUT2D eigenvalue weighted by molar-refractivity contribution is -0.117. The van der Waals surface area contributed by atoms with Crippen molar-refractivity contribution in [3.8, 4) is 0 Å². The van der Waals surface area contributed by atoms with Crippen LogP contribution < -0.4 is 5.32 Å². The molecule has 1 aliphatic rings. The molecule has 0 radical (unpaired) electrons. The highest BCUT2D eigenvalue weighted by atomic mass is 35.5. The van der Waals surface area contributed by atoms with E-state index in [0.29, 0.717) is 0 Å². The van der Waals surface area contributed by atoms with Gasteiger partial charge in [0.2, 0.25) is 5.91 Å². The molecule has 1 aliphatic carbocycles. The van der Waals surface area contributed by atoms with Gasteiger partial charge in [-0.25, -0.2) is 0 Å². The van der Waals surface area contributed by atoms with Gasteiger partial charge in [0.05, 0.1) is 17.4 Å². The minimum absolute atomic E-state index is 0.0126. The number of amides is 1. The number of aromatic nitrogens is 1. The number of hydrogen-bond acceptors (Lipinski definition) is 2. The van der Waals surface area contributed by atoms with Gasteiger partial charge in [-0.3, -0.25) is 9.78 Å². The molecule has 4 heteroatoms. The number of pyridine rings is 1. The highest BCUT2D eigenvalue weighted by Gasteiger charge is 2.44. The number of carbonyl (C=O) groups excluding carboxylic acids is 1. The SMILES string of the molecule is O=C(Nc1cnc2ccccc2c1)C1CC1c1ccccc1Cl. The molecule has 0 saturated heterocycles. The summed E-state index contributed by atoms with van der Waals surface area (Å²) in [6, 6.07) is 17.5.